The van der Waals surface area contributed by atoms with Crippen molar-refractivity contribution in [1.29, 1.82) is 0 Å². The first-order valence-electron chi connectivity index (χ1n) is 10.6. The highest BCUT2D eigenvalue weighted by atomic mass is 32.2. The quantitative estimate of drug-likeness (QED) is 0.361. The average molecular weight is 467 g/mol. The lowest BCUT2D eigenvalue weighted by atomic mass is 10.0. The van der Waals surface area contributed by atoms with Gasteiger partial charge in [-0.15, -0.1) is 0 Å². The van der Waals surface area contributed by atoms with Crippen molar-refractivity contribution < 1.29 is 4.21 Å². The van der Waals surface area contributed by atoms with Crippen molar-refractivity contribution in [1.82, 2.24) is 19.9 Å². The summed E-state index contributed by atoms with van der Waals surface area (Å²) in [5, 5.41) is 10.2. The number of aromatic nitrogens is 4. The molecule has 0 amide bonds. The Morgan fingerprint density at radius 3 is 2.38 bits per heavy atom. The molecule has 0 aliphatic rings. The molecule has 168 valence electrons. The molecule has 5 rings (SSSR count). The molecular weight excluding hydrogens is 444 g/mol. The second-order valence-corrected chi connectivity index (χ2v) is 9.62. The lowest BCUT2D eigenvalue weighted by molar-refractivity contribution is 0.679. The fraction of sp³-hybridized carbons (Fsp3) is 0.0385. The molecule has 0 spiro atoms. The summed E-state index contributed by atoms with van der Waals surface area (Å²) in [6.07, 6.45) is 3.33. The van der Waals surface area contributed by atoms with Crippen molar-refractivity contribution in [2.45, 2.75) is 11.6 Å². The van der Waals surface area contributed by atoms with Crippen LogP contribution in [0.1, 0.15) is 5.69 Å². The third kappa shape index (κ3) is 4.50. The summed E-state index contributed by atoms with van der Waals surface area (Å²) >= 11 is 0. The highest BCUT2D eigenvalue weighted by Gasteiger charge is 2.15. The molecule has 3 N–H and O–H groups in total. The molecule has 5 aromatic rings. The van der Waals surface area contributed by atoms with E-state index in [0.29, 0.717) is 23.8 Å². The molecule has 3 heterocycles. The van der Waals surface area contributed by atoms with Crippen LogP contribution in [-0.2, 0) is 16.3 Å². The lowest BCUT2D eigenvalue weighted by Gasteiger charge is -2.14. The summed E-state index contributed by atoms with van der Waals surface area (Å²) < 4.78 is 12.0. The second kappa shape index (κ2) is 9.01. The van der Waals surface area contributed by atoms with Gasteiger partial charge in [-0.3, -0.25) is 10.1 Å². The molecule has 0 aliphatic heterocycles. The van der Waals surface area contributed by atoms with Crippen LogP contribution in [0.4, 0.5) is 5.82 Å². The summed E-state index contributed by atoms with van der Waals surface area (Å²) in [5.41, 5.74) is 4.47. The minimum Gasteiger partial charge on any atom is -0.364 e. The van der Waals surface area contributed by atoms with E-state index >= 15 is 0 Å². The Hall–Kier alpha value is -4.14. The summed E-state index contributed by atoms with van der Waals surface area (Å²) in [6, 6.07) is 25.3. The summed E-state index contributed by atoms with van der Waals surface area (Å²) in [5.74, 6) is 4.67. The van der Waals surface area contributed by atoms with Crippen molar-refractivity contribution in [3.8, 4) is 22.5 Å². The number of nitrogens with two attached hydrogens (primary N) is 1. The molecule has 3 aromatic heterocycles. The molecule has 0 bridgehead atoms. The van der Waals surface area contributed by atoms with E-state index in [0.717, 1.165) is 27.7 Å². The van der Waals surface area contributed by atoms with Gasteiger partial charge in [-0.25, -0.2) is 19.2 Å². The fourth-order valence-electron chi connectivity index (χ4n) is 3.69. The Labute approximate surface area is 197 Å². The molecule has 7 nitrogen and oxygen atoms in total. The predicted molar refractivity (Wildman–Crippen MR) is 137 cm³/mol. The van der Waals surface area contributed by atoms with Gasteiger partial charge in [0.2, 0.25) is 0 Å². The third-order valence-electron chi connectivity index (χ3n) is 5.32. The lowest BCUT2D eigenvalue weighted by Crippen LogP contribution is -2.13. The van der Waals surface area contributed by atoms with Crippen LogP contribution in [0, 0.1) is 0 Å². The standard InChI is InChI=1S/C26H22N6OS/c1-34(27,33)23-14-13-19(16-29-23)25-31-22-12-7-11-21(18-8-3-2-4-9-18)24(22)26(32-25)30-17-20-10-5-6-15-28-20/h2-16H,1,17H2,(H2,27,33)(H,30,31,32). The molecule has 0 radical (unpaired) electrons. The number of pyridine rings is 2. The van der Waals surface area contributed by atoms with E-state index in [9.17, 15) is 4.21 Å². The van der Waals surface area contributed by atoms with Gasteiger partial charge in [0.15, 0.2) is 5.82 Å². The molecule has 0 saturated carbocycles. The van der Waals surface area contributed by atoms with Crippen LogP contribution in [0.25, 0.3) is 33.4 Å². The smallest absolute Gasteiger partial charge is 0.163 e. The summed E-state index contributed by atoms with van der Waals surface area (Å²) in [4.78, 5) is 18.3. The maximum Gasteiger partial charge on any atom is 0.163 e. The number of nitrogens with one attached hydrogen (secondary N) is 1. The monoisotopic (exact) mass is 466 g/mol. The molecule has 34 heavy (non-hydrogen) atoms. The van der Waals surface area contributed by atoms with Gasteiger partial charge in [-0.2, -0.15) is 0 Å². The Balaban J connectivity index is 1.65. The minimum atomic E-state index is -2.89. The third-order valence-corrected chi connectivity index (χ3v) is 6.27. The van der Waals surface area contributed by atoms with E-state index in [-0.39, 0.29) is 5.03 Å². The van der Waals surface area contributed by atoms with Crippen molar-refractivity contribution in [3.05, 3.63) is 97.0 Å². The van der Waals surface area contributed by atoms with E-state index < -0.39 is 9.71 Å². The van der Waals surface area contributed by atoms with Gasteiger partial charge in [-0.1, -0.05) is 48.5 Å². The van der Waals surface area contributed by atoms with E-state index in [1.807, 2.05) is 48.5 Å². The molecule has 1 atom stereocenters. The number of hydrogen-bond donors (Lipinski definition) is 2. The molecule has 0 saturated heterocycles. The van der Waals surface area contributed by atoms with Gasteiger partial charge in [0, 0.05) is 18.0 Å². The van der Waals surface area contributed by atoms with Gasteiger partial charge >= 0.3 is 0 Å². The molecule has 8 heteroatoms. The second-order valence-electron chi connectivity index (χ2n) is 7.75. The van der Waals surface area contributed by atoms with Crippen molar-refractivity contribution in [2.75, 3.05) is 5.32 Å². The number of nitrogens with zero attached hydrogens (tertiary/aromatic N) is 4. The van der Waals surface area contributed by atoms with E-state index in [1.165, 1.54) is 0 Å². The number of hydrogen-bond acceptors (Lipinski definition) is 6. The minimum absolute atomic E-state index is 0.233. The van der Waals surface area contributed by atoms with Crippen LogP contribution >= 0.6 is 0 Å². The van der Waals surface area contributed by atoms with E-state index in [2.05, 4.69) is 39.4 Å². The van der Waals surface area contributed by atoms with Gasteiger partial charge < -0.3 is 5.32 Å². The topological polar surface area (TPSA) is 107 Å². The van der Waals surface area contributed by atoms with Crippen LogP contribution in [0.5, 0.6) is 0 Å². The summed E-state index contributed by atoms with van der Waals surface area (Å²) in [7, 11) is -2.89. The van der Waals surface area contributed by atoms with Gasteiger partial charge in [0.25, 0.3) is 0 Å². The first kappa shape index (κ1) is 21.7. The molecule has 0 aliphatic carbocycles. The SMILES string of the molecule is C=S(N)(=O)c1ccc(-c2nc(NCc3ccccn3)c3c(-c4ccccc4)cccc3n2)cn1. The zero-order chi connectivity index (χ0) is 23.5. The normalized spacial score (nSPS) is 12.9. The highest BCUT2D eigenvalue weighted by molar-refractivity contribution is 7.98. The van der Waals surface area contributed by atoms with Crippen molar-refractivity contribution in [3.63, 3.8) is 0 Å². The molecular formula is C26H22N6OS. The molecule has 1 unspecified atom stereocenters. The van der Waals surface area contributed by atoms with E-state index in [1.54, 1.807) is 24.5 Å². The highest BCUT2D eigenvalue weighted by Crippen LogP contribution is 2.34. The Morgan fingerprint density at radius 2 is 1.68 bits per heavy atom. The first-order valence-corrected chi connectivity index (χ1v) is 12.4. The zero-order valence-electron chi connectivity index (χ0n) is 18.3. The summed E-state index contributed by atoms with van der Waals surface area (Å²) in [6.45, 7) is 0.503. The van der Waals surface area contributed by atoms with Crippen LogP contribution in [0.2, 0.25) is 0 Å². The van der Waals surface area contributed by atoms with Crippen LogP contribution in [-0.4, -0.2) is 30.0 Å². The maximum atomic E-state index is 12.0. The number of anilines is 1. The van der Waals surface area contributed by atoms with Crippen molar-refractivity contribution in [2.24, 2.45) is 5.14 Å². The number of rotatable bonds is 6. The molecule has 0 fully saturated rings. The van der Waals surface area contributed by atoms with Crippen LogP contribution in [0.15, 0.2) is 96.3 Å². The fourth-order valence-corrected chi connectivity index (χ4v) is 4.22. The Bertz CT molecular complexity index is 1550. The van der Waals surface area contributed by atoms with Gasteiger partial charge in [-0.05, 0) is 47.3 Å². The van der Waals surface area contributed by atoms with Gasteiger partial charge in [0.1, 0.15) is 10.8 Å². The zero-order valence-corrected chi connectivity index (χ0v) is 19.1. The first-order chi connectivity index (χ1) is 16.5. The largest absolute Gasteiger partial charge is 0.364 e. The van der Waals surface area contributed by atoms with Crippen LogP contribution in [0.3, 0.4) is 0 Å². The Morgan fingerprint density at radius 1 is 0.853 bits per heavy atom. The predicted octanol–water partition coefficient (Wildman–Crippen LogP) is 4.31. The maximum absolute atomic E-state index is 12.0. The van der Waals surface area contributed by atoms with E-state index in [4.69, 9.17) is 15.1 Å². The average Bonchev–Trinajstić information content (AvgIpc) is 2.87. The van der Waals surface area contributed by atoms with Crippen LogP contribution < -0.4 is 10.5 Å². The Kier molecular flexibility index (Phi) is 5.75. The van der Waals surface area contributed by atoms with Gasteiger partial charge in [0.05, 0.1) is 32.8 Å². The molecule has 2 aromatic carbocycles. The number of fused-ring (bicyclic) bond motifs is 1. The number of benzene rings is 2. The van der Waals surface area contributed by atoms with Crippen molar-refractivity contribution >= 4 is 32.3 Å².